The molecule has 1 heterocycles. The summed E-state index contributed by atoms with van der Waals surface area (Å²) in [6, 6.07) is 4.71. The number of nitrogens with zero attached hydrogens (tertiary/aromatic N) is 2. The molecule has 1 unspecified atom stereocenters. The second-order valence-electron chi connectivity index (χ2n) is 5.64. The summed E-state index contributed by atoms with van der Waals surface area (Å²) in [7, 11) is 3.17. The van der Waals surface area contributed by atoms with E-state index in [2.05, 4.69) is 15.2 Å². The van der Waals surface area contributed by atoms with Gasteiger partial charge < -0.3 is 19.9 Å². The molecule has 0 bridgehead atoms. The molecule has 6 nitrogen and oxygen atoms in total. The van der Waals surface area contributed by atoms with Gasteiger partial charge in [-0.2, -0.15) is 13.9 Å². The number of nitrogens with one attached hydrogen (secondary N) is 1. The van der Waals surface area contributed by atoms with Crippen LogP contribution in [0.4, 0.5) is 8.78 Å². The first kappa shape index (κ1) is 18.2. The fourth-order valence-corrected chi connectivity index (χ4v) is 2.27. The largest absolute Gasteiger partial charge is 0.493 e. The molecule has 0 saturated heterocycles. The highest BCUT2D eigenvalue weighted by Crippen LogP contribution is 2.29. The highest BCUT2D eigenvalue weighted by molar-refractivity contribution is 5.43. The van der Waals surface area contributed by atoms with Crippen molar-refractivity contribution in [3.8, 4) is 11.5 Å². The standard InChI is InChI=1S/C16H21F2N3O3/c1-16(22,12-8-20-21(2)9-12)10-19-7-11-4-5-13(24-15(17)18)14(6-11)23-3/h4-6,8-9,15,19,22H,7,10H2,1-3H3. The molecule has 0 aliphatic heterocycles. The van der Waals surface area contributed by atoms with Crippen molar-refractivity contribution in [1.29, 1.82) is 0 Å². The van der Waals surface area contributed by atoms with Crippen LogP contribution >= 0.6 is 0 Å². The van der Waals surface area contributed by atoms with Crippen LogP contribution in [-0.2, 0) is 19.2 Å². The topological polar surface area (TPSA) is 68.5 Å². The van der Waals surface area contributed by atoms with Crippen LogP contribution in [0.1, 0.15) is 18.1 Å². The van der Waals surface area contributed by atoms with Crippen LogP contribution in [-0.4, -0.2) is 35.2 Å². The normalized spacial score (nSPS) is 13.8. The number of alkyl halides is 2. The molecule has 1 aromatic heterocycles. The van der Waals surface area contributed by atoms with E-state index in [9.17, 15) is 13.9 Å². The average Bonchev–Trinajstić information content (AvgIpc) is 2.95. The molecule has 0 fully saturated rings. The molecule has 8 heteroatoms. The fourth-order valence-electron chi connectivity index (χ4n) is 2.27. The predicted octanol–water partition coefficient (Wildman–Crippen LogP) is 2.03. The first-order valence-electron chi connectivity index (χ1n) is 7.36. The Morgan fingerprint density at radius 2 is 2.12 bits per heavy atom. The monoisotopic (exact) mass is 341 g/mol. The van der Waals surface area contributed by atoms with Crippen molar-refractivity contribution >= 4 is 0 Å². The van der Waals surface area contributed by atoms with E-state index >= 15 is 0 Å². The maximum absolute atomic E-state index is 12.3. The number of benzene rings is 1. The van der Waals surface area contributed by atoms with Crippen molar-refractivity contribution in [1.82, 2.24) is 15.1 Å². The fraction of sp³-hybridized carbons (Fsp3) is 0.438. The second-order valence-corrected chi connectivity index (χ2v) is 5.64. The Morgan fingerprint density at radius 1 is 1.38 bits per heavy atom. The SMILES string of the molecule is COc1cc(CNCC(C)(O)c2cnn(C)c2)ccc1OC(F)F. The van der Waals surface area contributed by atoms with E-state index in [4.69, 9.17) is 4.74 Å². The molecule has 132 valence electrons. The number of halogens is 2. The van der Waals surface area contributed by atoms with E-state index in [-0.39, 0.29) is 11.5 Å². The Bertz CT molecular complexity index is 674. The van der Waals surface area contributed by atoms with Gasteiger partial charge in [0.2, 0.25) is 0 Å². The molecular formula is C16H21F2N3O3. The third kappa shape index (κ3) is 4.65. The van der Waals surface area contributed by atoms with Crippen molar-refractivity contribution in [3.63, 3.8) is 0 Å². The molecule has 2 rings (SSSR count). The molecule has 0 amide bonds. The summed E-state index contributed by atoms with van der Waals surface area (Å²) in [4.78, 5) is 0. The molecule has 2 N–H and O–H groups in total. The average molecular weight is 341 g/mol. The van der Waals surface area contributed by atoms with E-state index in [0.717, 1.165) is 5.56 Å². The zero-order valence-corrected chi connectivity index (χ0v) is 13.8. The summed E-state index contributed by atoms with van der Waals surface area (Å²) in [5, 5.41) is 17.6. The minimum atomic E-state index is -2.91. The Hall–Kier alpha value is -2.19. The lowest BCUT2D eigenvalue weighted by Crippen LogP contribution is -2.34. The molecular weight excluding hydrogens is 320 g/mol. The van der Waals surface area contributed by atoms with Gasteiger partial charge in [0.25, 0.3) is 0 Å². The van der Waals surface area contributed by atoms with Crippen LogP contribution in [0.25, 0.3) is 0 Å². The van der Waals surface area contributed by atoms with Crippen LogP contribution in [0.3, 0.4) is 0 Å². The number of methoxy groups -OCH3 is 1. The van der Waals surface area contributed by atoms with E-state index in [1.807, 2.05) is 0 Å². The van der Waals surface area contributed by atoms with Gasteiger partial charge in [0.05, 0.1) is 13.3 Å². The number of aryl methyl sites for hydroxylation is 1. The summed E-state index contributed by atoms with van der Waals surface area (Å²) in [6.45, 7) is -0.479. The Kier molecular flexibility index (Phi) is 5.74. The Labute approximate surface area is 139 Å². The van der Waals surface area contributed by atoms with Crippen molar-refractivity contribution in [2.24, 2.45) is 7.05 Å². The smallest absolute Gasteiger partial charge is 0.387 e. The Morgan fingerprint density at radius 3 is 2.71 bits per heavy atom. The van der Waals surface area contributed by atoms with E-state index in [1.165, 1.54) is 13.2 Å². The molecule has 0 saturated carbocycles. The summed E-state index contributed by atoms with van der Waals surface area (Å²) >= 11 is 0. The highest BCUT2D eigenvalue weighted by atomic mass is 19.3. The Balaban J connectivity index is 1.96. The number of hydrogen-bond acceptors (Lipinski definition) is 5. The highest BCUT2D eigenvalue weighted by Gasteiger charge is 2.24. The quantitative estimate of drug-likeness (QED) is 0.769. The molecule has 2 aromatic rings. The molecule has 0 aliphatic rings. The van der Waals surface area contributed by atoms with Crippen molar-refractivity contribution in [3.05, 3.63) is 41.7 Å². The zero-order valence-electron chi connectivity index (χ0n) is 13.8. The summed E-state index contributed by atoms with van der Waals surface area (Å²) in [5.41, 5.74) is 0.447. The lowest BCUT2D eigenvalue weighted by Gasteiger charge is -2.22. The lowest BCUT2D eigenvalue weighted by atomic mass is 9.99. The number of aliphatic hydroxyl groups is 1. The van der Waals surface area contributed by atoms with Gasteiger partial charge in [-0.05, 0) is 24.6 Å². The van der Waals surface area contributed by atoms with Gasteiger partial charge in [0.1, 0.15) is 5.60 Å². The number of hydrogen-bond donors (Lipinski definition) is 2. The molecule has 24 heavy (non-hydrogen) atoms. The molecule has 1 atom stereocenters. The van der Waals surface area contributed by atoms with Crippen LogP contribution < -0.4 is 14.8 Å². The van der Waals surface area contributed by atoms with Gasteiger partial charge in [-0.3, -0.25) is 4.68 Å². The molecule has 0 aliphatic carbocycles. The van der Waals surface area contributed by atoms with Crippen molar-refractivity contribution < 1.29 is 23.4 Å². The molecule has 0 spiro atoms. The second kappa shape index (κ2) is 7.59. The van der Waals surface area contributed by atoms with Crippen LogP contribution in [0.2, 0.25) is 0 Å². The van der Waals surface area contributed by atoms with Gasteiger partial charge in [-0.1, -0.05) is 6.07 Å². The number of aromatic nitrogens is 2. The summed E-state index contributed by atoms with van der Waals surface area (Å²) in [5.74, 6) is 0.215. The van der Waals surface area contributed by atoms with Crippen LogP contribution in [0, 0.1) is 0 Å². The van der Waals surface area contributed by atoms with E-state index in [1.54, 1.807) is 43.2 Å². The predicted molar refractivity (Wildman–Crippen MR) is 84.1 cm³/mol. The van der Waals surface area contributed by atoms with Gasteiger partial charge in [0.15, 0.2) is 11.5 Å². The van der Waals surface area contributed by atoms with Crippen molar-refractivity contribution in [2.75, 3.05) is 13.7 Å². The zero-order chi connectivity index (χ0) is 17.7. The van der Waals surface area contributed by atoms with Gasteiger partial charge in [0, 0.05) is 31.9 Å². The van der Waals surface area contributed by atoms with Crippen molar-refractivity contribution in [2.45, 2.75) is 25.7 Å². The van der Waals surface area contributed by atoms with Gasteiger partial charge in [-0.15, -0.1) is 0 Å². The third-order valence-corrected chi connectivity index (χ3v) is 3.57. The van der Waals surface area contributed by atoms with Gasteiger partial charge in [-0.25, -0.2) is 0 Å². The molecule has 1 aromatic carbocycles. The summed E-state index contributed by atoms with van der Waals surface area (Å²) < 4.78 is 35.7. The van der Waals surface area contributed by atoms with Crippen LogP contribution in [0.5, 0.6) is 11.5 Å². The lowest BCUT2D eigenvalue weighted by molar-refractivity contribution is -0.0512. The number of rotatable bonds is 8. The van der Waals surface area contributed by atoms with Crippen LogP contribution in [0.15, 0.2) is 30.6 Å². The third-order valence-electron chi connectivity index (χ3n) is 3.57. The summed E-state index contributed by atoms with van der Waals surface area (Å²) in [6.07, 6.45) is 3.36. The minimum absolute atomic E-state index is 0.0152. The number of ether oxygens (including phenoxy) is 2. The first-order valence-corrected chi connectivity index (χ1v) is 7.36. The minimum Gasteiger partial charge on any atom is -0.493 e. The maximum Gasteiger partial charge on any atom is 0.387 e. The van der Waals surface area contributed by atoms with Gasteiger partial charge >= 0.3 is 6.61 Å². The van der Waals surface area contributed by atoms with E-state index in [0.29, 0.717) is 18.7 Å². The first-order chi connectivity index (χ1) is 11.3. The van der Waals surface area contributed by atoms with E-state index < -0.39 is 12.2 Å². The maximum atomic E-state index is 12.3. The molecule has 0 radical (unpaired) electrons.